The maximum absolute atomic E-state index is 4.63. The highest BCUT2D eigenvalue weighted by molar-refractivity contribution is 5.81. The van der Waals surface area contributed by atoms with Gasteiger partial charge in [-0.25, -0.2) is 0 Å². The fourth-order valence-electron chi connectivity index (χ4n) is 3.41. The van der Waals surface area contributed by atoms with Crippen molar-refractivity contribution in [3.63, 3.8) is 0 Å². The van der Waals surface area contributed by atoms with Crippen molar-refractivity contribution in [3.8, 4) is 0 Å². The lowest BCUT2D eigenvalue weighted by Gasteiger charge is -2.21. The summed E-state index contributed by atoms with van der Waals surface area (Å²) in [6.45, 7) is 2.00. The summed E-state index contributed by atoms with van der Waals surface area (Å²) in [5, 5.41) is 9.48. The molecule has 0 saturated heterocycles. The van der Waals surface area contributed by atoms with Crippen molar-refractivity contribution in [1.29, 1.82) is 0 Å². The molecule has 3 rings (SSSR count). The van der Waals surface area contributed by atoms with Crippen LogP contribution in [-0.4, -0.2) is 16.3 Å². The van der Waals surface area contributed by atoms with Crippen LogP contribution in [0.1, 0.15) is 44.2 Å². The first-order valence-electron chi connectivity index (χ1n) is 7.96. The van der Waals surface area contributed by atoms with Crippen LogP contribution in [0.25, 0.3) is 10.9 Å². The van der Waals surface area contributed by atoms with Gasteiger partial charge in [-0.1, -0.05) is 50.3 Å². The van der Waals surface area contributed by atoms with E-state index in [4.69, 9.17) is 0 Å². The number of nitrogens with one attached hydrogen (secondary N) is 1. The molecule has 20 heavy (non-hydrogen) atoms. The summed E-state index contributed by atoms with van der Waals surface area (Å²) in [5.74, 6) is 0.955. The summed E-state index contributed by atoms with van der Waals surface area (Å²) < 4.78 is 1.98. The molecule has 1 aliphatic carbocycles. The first-order chi connectivity index (χ1) is 9.84. The van der Waals surface area contributed by atoms with Gasteiger partial charge >= 0.3 is 0 Å². The van der Waals surface area contributed by atoms with Gasteiger partial charge in [0, 0.05) is 19.0 Å². The van der Waals surface area contributed by atoms with Crippen LogP contribution < -0.4 is 5.32 Å². The molecule has 0 atom stereocenters. The normalized spacial score (nSPS) is 16.9. The molecule has 1 N–H and O–H groups in total. The number of hydrogen-bond donors (Lipinski definition) is 1. The van der Waals surface area contributed by atoms with E-state index in [0.29, 0.717) is 0 Å². The minimum Gasteiger partial charge on any atom is -0.311 e. The van der Waals surface area contributed by atoms with Crippen molar-refractivity contribution in [2.45, 2.75) is 45.1 Å². The van der Waals surface area contributed by atoms with Gasteiger partial charge in [-0.05, 0) is 24.9 Å². The van der Waals surface area contributed by atoms with Gasteiger partial charge in [-0.15, -0.1) is 0 Å². The van der Waals surface area contributed by atoms with Crippen LogP contribution in [0, 0.1) is 5.92 Å². The molecule has 0 amide bonds. The van der Waals surface area contributed by atoms with Gasteiger partial charge in [-0.2, -0.15) is 5.10 Å². The first-order valence-corrected chi connectivity index (χ1v) is 7.96. The first kappa shape index (κ1) is 13.6. The Balaban J connectivity index is 1.52. The van der Waals surface area contributed by atoms with Crippen molar-refractivity contribution >= 4 is 10.9 Å². The Labute approximate surface area is 121 Å². The summed E-state index contributed by atoms with van der Waals surface area (Å²) in [4.78, 5) is 0. The van der Waals surface area contributed by atoms with Gasteiger partial charge in [0.25, 0.3) is 0 Å². The average molecular weight is 271 g/mol. The highest BCUT2D eigenvalue weighted by Gasteiger charge is 2.13. The number of para-hydroxylation sites is 1. The fraction of sp³-hybridized carbons (Fsp3) is 0.588. The molecule has 2 aromatic rings. The highest BCUT2D eigenvalue weighted by atomic mass is 15.3. The van der Waals surface area contributed by atoms with Crippen LogP contribution in [0.4, 0.5) is 0 Å². The van der Waals surface area contributed by atoms with Gasteiger partial charge in [0.2, 0.25) is 0 Å². The van der Waals surface area contributed by atoms with Crippen LogP contribution in [0.3, 0.4) is 0 Å². The molecular weight excluding hydrogens is 246 g/mol. The Morgan fingerprint density at radius 2 is 2.00 bits per heavy atom. The van der Waals surface area contributed by atoms with Gasteiger partial charge in [-0.3, -0.25) is 4.68 Å². The van der Waals surface area contributed by atoms with Crippen molar-refractivity contribution in [3.05, 3.63) is 30.0 Å². The second-order valence-corrected chi connectivity index (χ2v) is 6.06. The predicted molar refractivity (Wildman–Crippen MR) is 83.6 cm³/mol. The van der Waals surface area contributed by atoms with Crippen LogP contribution >= 0.6 is 0 Å². The number of rotatable bonds is 5. The third kappa shape index (κ3) is 3.04. The van der Waals surface area contributed by atoms with E-state index in [2.05, 4.69) is 34.7 Å². The van der Waals surface area contributed by atoms with E-state index < -0.39 is 0 Å². The Morgan fingerprint density at radius 3 is 2.85 bits per heavy atom. The Morgan fingerprint density at radius 1 is 1.20 bits per heavy atom. The molecule has 1 heterocycles. The van der Waals surface area contributed by atoms with Crippen molar-refractivity contribution in [2.24, 2.45) is 13.0 Å². The van der Waals surface area contributed by atoms with Crippen molar-refractivity contribution in [2.75, 3.05) is 6.54 Å². The molecule has 0 bridgehead atoms. The minimum absolute atomic E-state index is 0.883. The third-order valence-corrected chi connectivity index (χ3v) is 4.58. The Kier molecular flexibility index (Phi) is 4.36. The SMILES string of the molecule is Cn1nc(CNCCC2CCCCC2)c2ccccc21. The fourth-order valence-corrected chi connectivity index (χ4v) is 3.41. The van der Waals surface area contributed by atoms with Gasteiger partial charge in [0.15, 0.2) is 0 Å². The molecule has 0 radical (unpaired) electrons. The van der Waals surface area contributed by atoms with Crippen LogP contribution in [0.15, 0.2) is 24.3 Å². The zero-order valence-corrected chi connectivity index (χ0v) is 12.4. The summed E-state index contributed by atoms with van der Waals surface area (Å²) in [7, 11) is 2.02. The molecule has 1 aliphatic rings. The topological polar surface area (TPSA) is 29.9 Å². The molecule has 108 valence electrons. The molecule has 0 spiro atoms. The number of aryl methyl sites for hydroxylation is 1. The number of fused-ring (bicyclic) bond motifs is 1. The number of hydrogen-bond acceptors (Lipinski definition) is 2. The molecule has 1 saturated carbocycles. The van der Waals surface area contributed by atoms with Gasteiger partial charge < -0.3 is 5.32 Å². The van der Waals surface area contributed by atoms with E-state index in [1.807, 2.05) is 11.7 Å². The molecule has 0 unspecified atom stereocenters. The lowest BCUT2D eigenvalue weighted by atomic mass is 9.87. The van der Waals surface area contributed by atoms with E-state index in [-0.39, 0.29) is 0 Å². The molecule has 1 aromatic heterocycles. The van der Waals surface area contributed by atoms with Gasteiger partial charge in [0.1, 0.15) is 0 Å². The maximum atomic E-state index is 4.63. The van der Waals surface area contributed by atoms with E-state index in [9.17, 15) is 0 Å². The molecule has 3 nitrogen and oxygen atoms in total. The Bertz CT molecular complexity index is 552. The standard InChI is InChI=1S/C17H25N3/c1-20-17-10-6-5-9-15(17)16(19-20)13-18-12-11-14-7-3-2-4-8-14/h5-6,9-10,14,18H,2-4,7-8,11-13H2,1H3. The van der Waals surface area contributed by atoms with Crippen molar-refractivity contribution in [1.82, 2.24) is 15.1 Å². The number of aromatic nitrogens is 2. The maximum Gasteiger partial charge on any atom is 0.0841 e. The van der Waals surface area contributed by atoms with E-state index in [1.54, 1.807) is 0 Å². The smallest absolute Gasteiger partial charge is 0.0841 e. The molecule has 1 fully saturated rings. The zero-order chi connectivity index (χ0) is 13.8. The van der Waals surface area contributed by atoms with Crippen LogP contribution in [-0.2, 0) is 13.6 Å². The summed E-state index contributed by atoms with van der Waals surface area (Å²) in [6, 6.07) is 8.47. The Hall–Kier alpha value is -1.35. The highest BCUT2D eigenvalue weighted by Crippen LogP contribution is 2.25. The largest absolute Gasteiger partial charge is 0.311 e. The summed E-state index contributed by atoms with van der Waals surface area (Å²) in [5.41, 5.74) is 2.39. The van der Waals surface area contributed by atoms with E-state index >= 15 is 0 Å². The van der Waals surface area contributed by atoms with Crippen LogP contribution in [0.2, 0.25) is 0 Å². The predicted octanol–water partition coefficient (Wildman–Crippen LogP) is 3.63. The molecule has 0 aliphatic heterocycles. The lowest BCUT2D eigenvalue weighted by molar-refractivity contribution is 0.333. The van der Waals surface area contributed by atoms with Crippen molar-refractivity contribution < 1.29 is 0 Å². The second-order valence-electron chi connectivity index (χ2n) is 6.06. The van der Waals surface area contributed by atoms with E-state index in [1.165, 1.54) is 55.1 Å². The summed E-state index contributed by atoms with van der Waals surface area (Å²) in [6.07, 6.45) is 8.53. The number of nitrogens with zero attached hydrogens (tertiary/aromatic N) is 2. The quantitative estimate of drug-likeness (QED) is 0.842. The monoisotopic (exact) mass is 271 g/mol. The average Bonchev–Trinajstić information content (AvgIpc) is 2.82. The molecule has 1 aromatic carbocycles. The third-order valence-electron chi connectivity index (χ3n) is 4.58. The van der Waals surface area contributed by atoms with Gasteiger partial charge in [0.05, 0.1) is 11.2 Å². The second kappa shape index (κ2) is 6.40. The molecule has 3 heteroatoms. The summed E-state index contributed by atoms with van der Waals surface area (Å²) >= 11 is 0. The molecular formula is C17H25N3. The number of benzene rings is 1. The lowest BCUT2D eigenvalue weighted by Crippen LogP contribution is -2.19. The zero-order valence-electron chi connectivity index (χ0n) is 12.4. The van der Waals surface area contributed by atoms with Crippen LogP contribution in [0.5, 0.6) is 0 Å². The van der Waals surface area contributed by atoms with E-state index in [0.717, 1.165) is 19.0 Å². The minimum atomic E-state index is 0.883.